The SMILES string of the molecule is COc1cccc(F)c1CC1CN2C(=O)CC2(S(=O)(=O)c2ccc(Cl)cc2)C1=O.O=C1CCNC(=O)CC1. The molecule has 3 aliphatic rings. The van der Waals surface area contributed by atoms with Crippen molar-refractivity contribution in [3.63, 3.8) is 0 Å². The van der Waals surface area contributed by atoms with Crippen LogP contribution in [-0.2, 0) is 35.4 Å². The van der Waals surface area contributed by atoms with Crippen molar-refractivity contribution in [2.75, 3.05) is 20.2 Å². The van der Waals surface area contributed by atoms with Crippen molar-refractivity contribution in [2.24, 2.45) is 5.92 Å². The molecule has 3 saturated heterocycles. The van der Waals surface area contributed by atoms with Gasteiger partial charge in [-0.25, -0.2) is 12.8 Å². The number of carbonyl (C=O) groups excluding carboxylic acids is 4. The standard InChI is InChI=1S/C20H17ClFNO5S.C6H9NO2/c1-28-17-4-2-3-16(22)15(17)9-12-11-23-18(24)10-20(23,19(12)25)29(26,27)14-7-5-13(21)6-8-14;8-5-1-2-6(9)7-4-3-5/h2-8,12H,9-11H2,1H3;1-4H2,(H,7,9). The van der Waals surface area contributed by atoms with Gasteiger partial charge in [0.05, 0.1) is 18.4 Å². The predicted octanol–water partition coefficient (Wildman–Crippen LogP) is 2.49. The van der Waals surface area contributed by atoms with Crippen LogP contribution >= 0.6 is 11.6 Å². The van der Waals surface area contributed by atoms with Crippen molar-refractivity contribution in [3.8, 4) is 5.75 Å². The second-order valence-electron chi connectivity index (χ2n) is 9.25. The van der Waals surface area contributed by atoms with Gasteiger partial charge in [-0.15, -0.1) is 0 Å². The van der Waals surface area contributed by atoms with Gasteiger partial charge in [0.25, 0.3) is 0 Å². The van der Waals surface area contributed by atoms with E-state index in [0.29, 0.717) is 30.8 Å². The van der Waals surface area contributed by atoms with Crippen molar-refractivity contribution < 1.29 is 36.7 Å². The van der Waals surface area contributed by atoms with E-state index in [2.05, 4.69) is 5.32 Å². The van der Waals surface area contributed by atoms with Gasteiger partial charge in [0.1, 0.15) is 17.3 Å². The van der Waals surface area contributed by atoms with Crippen LogP contribution in [0.4, 0.5) is 4.39 Å². The molecule has 12 heteroatoms. The van der Waals surface area contributed by atoms with Crippen LogP contribution in [0.5, 0.6) is 5.75 Å². The number of ether oxygens (including phenoxy) is 1. The van der Waals surface area contributed by atoms with Crippen LogP contribution in [0.25, 0.3) is 0 Å². The Morgan fingerprint density at radius 1 is 1.08 bits per heavy atom. The van der Waals surface area contributed by atoms with Gasteiger partial charge >= 0.3 is 0 Å². The second-order valence-corrected chi connectivity index (χ2v) is 11.8. The highest BCUT2D eigenvalue weighted by molar-refractivity contribution is 7.93. The van der Waals surface area contributed by atoms with E-state index >= 15 is 0 Å². The molecule has 2 aromatic carbocycles. The predicted molar refractivity (Wildman–Crippen MR) is 135 cm³/mol. The van der Waals surface area contributed by atoms with Gasteiger partial charge in [-0.2, -0.15) is 0 Å². The number of amides is 2. The van der Waals surface area contributed by atoms with Crippen molar-refractivity contribution in [1.82, 2.24) is 10.2 Å². The van der Waals surface area contributed by atoms with Crippen LogP contribution in [0.3, 0.4) is 0 Å². The summed E-state index contributed by atoms with van der Waals surface area (Å²) in [6.45, 7) is 0.444. The smallest absolute Gasteiger partial charge is 0.228 e. The molecule has 0 radical (unpaired) electrons. The Balaban J connectivity index is 0.000000317. The first-order valence-electron chi connectivity index (χ1n) is 12.0. The number of nitrogens with one attached hydrogen (secondary N) is 1. The molecule has 0 saturated carbocycles. The van der Waals surface area contributed by atoms with Gasteiger partial charge in [-0.05, 0) is 42.8 Å². The number of Topliss-reactive ketones (excluding diaryl/α,β-unsaturated/α-hetero) is 2. The van der Waals surface area contributed by atoms with E-state index in [1.165, 1.54) is 43.5 Å². The molecule has 1 N–H and O–H groups in total. The van der Waals surface area contributed by atoms with Gasteiger partial charge in [0.15, 0.2) is 5.78 Å². The Labute approximate surface area is 224 Å². The normalized spacial score (nSPS) is 23.0. The number of sulfone groups is 1. The fraction of sp³-hybridized carbons (Fsp3) is 0.385. The third kappa shape index (κ3) is 4.92. The maximum Gasteiger partial charge on any atom is 0.228 e. The van der Waals surface area contributed by atoms with Gasteiger partial charge < -0.3 is 15.0 Å². The van der Waals surface area contributed by atoms with Crippen LogP contribution in [0, 0.1) is 11.7 Å². The van der Waals surface area contributed by atoms with Crippen LogP contribution in [0.1, 0.15) is 31.2 Å². The Kier molecular flexibility index (Phi) is 7.89. The molecule has 0 aliphatic carbocycles. The molecule has 2 unspecified atom stereocenters. The van der Waals surface area contributed by atoms with Crippen molar-refractivity contribution in [1.29, 1.82) is 0 Å². The molecule has 2 amide bonds. The quantitative estimate of drug-likeness (QED) is 0.553. The van der Waals surface area contributed by atoms with E-state index in [-0.39, 0.29) is 40.9 Å². The maximum absolute atomic E-state index is 14.3. The molecule has 5 rings (SSSR count). The number of hydrogen-bond donors (Lipinski definition) is 1. The number of ketones is 2. The molecule has 3 fully saturated rings. The topological polar surface area (TPSA) is 127 Å². The molecule has 202 valence electrons. The number of β-lactam (4-membered cyclic amide) rings is 1. The zero-order chi connectivity index (χ0) is 27.7. The number of carbonyl (C=O) groups is 4. The van der Waals surface area contributed by atoms with E-state index in [0.717, 1.165) is 4.90 Å². The van der Waals surface area contributed by atoms with E-state index in [9.17, 15) is 32.0 Å². The average Bonchev–Trinajstić information content (AvgIpc) is 2.97. The van der Waals surface area contributed by atoms with Crippen LogP contribution < -0.4 is 10.1 Å². The minimum atomic E-state index is -4.18. The summed E-state index contributed by atoms with van der Waals surface area (Å²) in [7, 11) is -2.79. The second kappa shape index (κ2) is 10.8. The molecule has 3 aliphatic heterocycles. The Morgan fingerprint density at radius 3 is 2.45 bits per heavy atom. The molecule has 9 nitrogen and oxygen atoms in total. The Hall–Kier alpha value is -3.31. The molecular formula is C26H26ClFN2O7S. The number of hydrogen-bond acceptors (Lipinski definition) is 7. The highest BCUT2D eigenvalue weighted by atomic mass is 35.5. The fourth-order valence-electron chi connectivity index (χ4n) is 4.92. The van der Waals surface area contributed by atoms with Gasteiger partial charge in [0, 0.05) is 48.9 Å². The lowest BCUT2D eigenvalue weighted by Gasteiger charge is -2.44. The molecule has 38 heavy (non-hydrogen) atoms. The van der Waals surface area contributed by atoms with Gasteiger partial charge in [-0.3, -0.25) is 19.2 Å². The molecule has 0 spiro atoms. The maximum atomic E-state index is 14.3. The first-order chi connectivity index (χ1) is 18.0. The van der Waals surface area contributed by atoms with Gasteiger partial charge in [0.2, 0.25) is 26.5 Å². The lowest BCUT2D eigenvalue weighted by Crippen LogP contribution is -2.67. The lowest BCUT2D eigenvalue weighted by atomic mass is 9.92. The molecule has 2 aromatic rings. The number of methoxy groups -OCH3 is 1. The number of halogens is 2. The number of rotatable bonds is 5. The van der Waals surface area contributed by atoms with E-state index in [4.69, 9.17) is 16.3 Å². The lowest BCUT2D eigenvalue weighted by molar-refractivity contribution is -0.150. The number of benzene rings is 2. The highest BCUT2D eigenvalue weighted by Gasteiger charge is 2.70. The molecule has 0 bridgehead atoms. The molecule has 0 aromatic heterocycles. The zero-order valence-electron chi connectivity index (χ0n) is 20.5. The van der Waals surface area contributed by atoms with E-state index in [1.807, 2.05) is 0 Å². The van der Waals surface area contributed by atoms with Crippen molar-refractivity contribution in [2.45, 2.75) is 41.9 Å². The van der Waals surface area contributed by atoms with E-state index < -0.39 is 44.6 Å². The average molecular weight is 565 g/mol. The third-order valence-electron chi connectivity index (χ3n) is 6.96. The summed E-state index contributed by atoms with van der Waals surface area (Å²) in [4.78, 5) is 45.7. The largest absolute Gasteiger partial charge is 0.496 e. The Bertz CT molecular complexity index is 1380. The molecule has 2 atom stereocenters. The minimum absolute atomic E-state index is 0.000787. The first kappa shape index (κ1) is 27.7. The highest BCUT2D eigenvalue weighted by Crippen LogP contribution is 2.49. The third-order valence-corrected chi connectivity index (χ3v) is 9.56. The summed E-state index contributed by atoms with van der Waals surface area (Å²) in [5.74, 6) is -1.96. The molecule has 3 heterocycles. The summed E-state index contributed by atoms with van der Waals surface area (Å²) in [5.41, 5.74) is 0.183. The minimum Gasteiger partial charge on any atom is -0.496 e. The number of nitrogens with zero attached hydrogens (tertiary/aromatic N) is 1. The van der Waals surface area contributed by atoms with Crippen molar-refractivity contribution in [3.05, 3.63) is 58.9 Å². The zero-order valence-corrected chi connectivity index (χ0v) is 22.1. The summed E-state index contributed by atoms with van der Waals surface area (Å²) >= 11 is 5.83. The van der Waals surface area contributed by atoms with Crippen molar-refractivity contribution >= 4 is 44.8 Å². The van der Waals surface area contributed by atoms with Crippen LogP contribution in [0.15, 0.2) is 47.4 Å². The van der Waals surface area contributed by atoms with E-state index in [1.54, 1.807) is 6.07 Å². The van der Waals surface area contributed by atoms with Crippen LogP contribution in [-0.4, -0.2) is 61.8 Å². The summed E-state index contributed by atoms with van der Waals surface area (Å²) in [5, 5.41) is 2.97. The monoisotopic (exact) mass is 564 g/mol. The molecular weight excluding hydrogens is 539 g/mol. The first-order valence-corrected chi connectivity index (χ1v) is 13.8. The Morgan fingerprint density at radius 2 is 1.79 bits per heavy atom. The van der Waals surface area contributed by atoms with Gasteiger partial charge in [-0.1, -0.05) is 17.7 Å². The summed E-state index contributed by atoms with van der Waals surface area (Å²) in [6, 6.07) is 9.75. The summed E-state index contributed by atoms with van der Waals surface area (Å²) in [6.07, 6.45) is 0.828. The fourth-order valence-corrected chi connectivity index (χ4v) is 7.14. The summed E-state index contributed by atoms with van der Waals surface area (Å²) < 4.78 is 46.1. The number of fused-ring (bicyclic) bond motifs is 1. The van der Waals surface area contributed by atoms with Crippen LogP contribution in [0.2, 0.25) is 5.02 Å².